The van der Waals surface area contributed by atoms with Gasteiger partial charge in [0.2, 0.25) is 0 Å². The molecule has 0 saturated heterocycles. The van der Waals surface area contributed by atoms with Crippen LogP contribution in [0.25, 0.3) is 11.0 Å². The van der Waals surface area contributed by atoms with E-state index in [1.54, 1.807) is 10.8 Å². The van der Waals surface area contributed by atoms with Crippen molar-refractivity contribution in [3.8, 4) is 0 Å². The number of thiazole rings is 1. The van der Waals surface area contributed by atoms with Crippen LogP contribution in [0, 0.1) is 18.6 Å². The maximum Gasteiger partial charge on any atom is 0.184 e. The average molecular weight is 328 g/mol. The van der Waals surface area contributed by atoms with Crippen LogP contribution < -0.4 is 0 Å². The molecule has 0 unspecified atom stereocenters. The van der Waals surface area contributed by atoms with Crippen molar-refractivity contribution >= 4 is 34.0 Å². The molecular formula is C14H12ClF2N3S. The summed E-state index contributed by atoms with van der Waals surface area (Å²) in [5.41, 5.74) is 0.622. The second kappa shape index (κ2) is 5.69. The van der Waals surface area contributed by atoms with Gasteiger partial charge in [-0.3, -0.25) is 0 Å². The zero-order valence-corrected chi connectivity index (χ0v) is 12.8. The van der Waals surface area contributed by atoms with Crippen molar-refractivity contribution in [2.75, 3.05) is 5.88 Å². The van der Waals surface area contributed by atoms with Gasteiger partial charge < -0.3 is 4.57 Å². The quantitative estimate of drug-likeness (QED) is 0.680. The fourth-order valence-corrected chi connectivity index (χ4v) is 3.24. The zero-order chi connectivity index (χ0) is 15.0. The first kappa shape index (κ1) is 14.4. The van der Waals surface area contributed by atoms with Crippen molar-refractivity contribution in [3.05, 3.63) is 45.7 Å². The van der Waals surface area contributed by atoms with Gasteiger partial charge in [0.05, 0.1) is 17.1 Å². The van der Waals surface area contributed by atoms with Gasteiger partial charge in [-0.1, -0.05) is 0 Å². The molecule has 0 N–H and O–H groups in total. The fourth-order valence-electron chi connectivity index (χ4n) is 2.29. The highest BCUT2D eigenvalue weighted by Gasteiger charge is 2.18. The summed E-state index contributed by atoms with van der Waals surface area (Å²) in [7, 11) is 0. The van der Waals surface area contributed by atoms with Crippen LogP contribution in [0.5, 0.6) is 0 Å². The predicted octanol–water partition coefficient (Wildman–Crippen LogP) is 3.91. The van der Waals surface area contributed by atoms with Crippen LogP contribution >= 0.6 is 22.9 Å². The van der Waals surface area contributed by atoms with E-state index in [0.717, 1.165) is 16.0 Å². The Balaban J connectivity index is 2.16. The molecule has 3 rings (SSSR count). The molecule has 0 amide bonds. The molecule has 1 aromatic carbocycles. The normalized spacial score (nSPS) is 11.4. The van der Waals surface area contributed by atoms with Crippen LogP contribution in [0.2, 0.25) is 0 Å². The molecular weight excluding hydrogens is 316 g/mol. The Morgan fingerprint density at radius 1 is 1.33 bits per heavy atom. The summed E-state index contributed by atoms with van der Waals surface area (Å²) >= 11 is 7.31. The van der Waals surface area contributed by atoms with Gasteiger partial charge in [-0.15, -0.1) is 22.9 Å². The number of aryl methyl sites for hydroxylation is 2. The van der Waals surface area contributed by atoms with Crippen LogP contribution in [-0.4, -0.2) is 20.4 Å². The number of halogens is 3. The highest BCUT2D eigenvalue weighted by atomic mass is 35.5. The molecule has 0 radical (unpaired) electrons. The molecule has 2 heterocycles. The minimum absolute atomic E-state index is 0.182. The Labute approximate surface area is 129 Å². The summed E-state index contributed by atoms with van der Waals surface area (Å²) in [6.45, 7) is 2.31. The summed E-state index contributed by atoms with van der Waals surface area (Å²) in [6, 6.07) is 2.58. The van der Waals surface area contributed by atoms with E-state index in [2.05, 4.69) is 9.97 Å². The third-order valence-corrected chi connectivity index (χ3v) is 4.27. The number of hydrogen-bond donors (Lipinski definition) is 0. The minimum Gasteiger partial charge on any atom is -0.320 e. The van der Waals surface area contributed by atoms with Crippen LogP contribution in [0.1, 0.15) is 15.7 Å². The molecule has 0 spiro atoms. The molecule has 3 nitrogen and oxygen atoms in total. The second-order valence-corrected chi connectivity index (χ2v) is 6.33. The summed E-state index contributed by atoms with van der Waals surface area (Å²) in [5.74, 6) is -0.728. The Bertz CT molecular complexity index is 797. The number of imidazole rings is 1. The molecule has 0 bridgehead atoms. The van der Waals surface area contributed by atoms with Gasteiger partial charge in [0, 0.05) is 23.4 Å². The second-order valence-electron chi connectivity index (χ2n) is 4.63. The Hall–Kier alpha value is -1.53. The van der Waals surface area contributed by atoms with Gasteiger partial charge >= 0.3 is 0 Å². The number of fused-ring (bicyclic) bond motifs is 1. The Kier molecular flexibility index (Phi) is 3.91. The lowest BCUT2D eigenvalue weighted by Gasteiger charge is -2.07. The smallest absolute Gasteiger partial charge is 0.184 e. The molecule has 0 aliphatic carbocycles. The molecule has 0 atom stereocenters. The first-order valence-electron chi connectivity index (χ1n) is 6.40. The van der Waals surface area contributed by atoms with E-state index in [0.29, 0.717) is 30.2 Å². The van der Waals surface area contributed by atoms with Crippen molar-refractivity contribution in [3.63, 3.8) is 0 Å². The number of alkyl halides is 1. The first-order valence-corrected chi connectivity index (χ1v) is 7.75. The van der Waals surface area contributed by atoms with Crippen molar-refractivity contribution in [1.29, 1.82) is 0 Å². The van der Waals surface area contributed by atoms with Crippen molar-refractivity contribution < 1.29 is 8.78 Å². The lowest BCUT2D eigenvalue weighted by atomic mass is 10.3. The molecule has 110 valence electrons. The third kappa shape index (κ3) is 2.65. The molecule has 0 saturated carbocycles. The van der Waals surface area contributed by atoms with Gasteiger partial charge in [0.1, 0.15) is 11.3 Å². The minimum atomic E-state index is -0.874. The predicted molar refractivity (Wildman–Crippen MR) is 80.0 cm³/mol. The lowest BCUT2D eigenvalue weighted by molar-refractivity contribution is 0.512. The monoisotopic (exact) mass is 327 g/mol. The number of hydrogen-bond acceptors (Lipinski definition) is 3. The summed E-state index contributed by atoms with van der Waals surface area (Å²) in [6.07, 6.45) is 2.24. The summed E-state index contributed by atoms with van der Waals surface area (Å²) in [5, 5.41) is 0.931. The standard InChI is InChI=1S/C14H12ClF2N3S/c1-8-18-6-9(21-8)7-20-12(4-5-15)19-11-3-2-10(16)13(17)14(11)20/h2-3,6H,4-5,7H2,1H3. The molecule has 3 aromatic rings. The summed E-state index contributed by atoms with van der Waals surface area (Å²) < 4.78 is 29.3. The zero-order valence-electron chi connectivity index (χ0n) is 11.2. The molecule has 7 heteroatoms. The number of nitrogens with zero attached hydrogens (tertiary/aromatic N) is 3. The van der Waals surface area contributed by atoms with E-state index in [4.69, 9.17) is 11.6 Å². The molecule has 0 aliphatic rings. The topological polar surface area (TPSA) is 30.7 Å². The molecule has 21 heavy (non-hydrogen) atoms. The molecule has 0 fully saturated rings. The Morgan fingerprint density at radius 2 is 2.14 bits per heavy atom. The van der Waals surface area contributed by atoms with Crippen molar-refractivity contribution in [2.45, 2.75) is 19.9 Å². The number of rotatable bonds is 4. The van der Waals surface area contributed by atoms with E-state index >= 15 is 0 Å². The Morgan fingerprint density at radius 3 is 2.81 bits per heavy atom. The van der Waals surface area contributed by atoms with E-state index < -0.39 is 11.6 Å². The van der Waals surface area contributed by atoms with Crippen molar-refractivity contribution in [1.82, 2.24) is 14.5 Å². The van der Waals surface area contributed by atoms with Gasteiger partial charge in [-0.2, -0.15) is 0 Å². The van der Waals surface area contributed by atoms with E-state index in [1.165, 1.54) is 17.4 Å². The van der Waals surface area contributed by atoms with Gasteiger partial charge in [-0.25, -0.2) is 18.7 Å². The highest BCUT2D eigenvalue weighted by Crippen LogP contribution is 2.25. The fraction of sp³-hybridized carbons (Fsp3) is 0.286. The molecule has 0 aliphatic heterocycles. The van der Waals surface area contributed by atoms with E-state index in [1.807, 2.05) is 6.92 Å². The number of benzene rings is 1. The summed E-state index contributed by atoms with van der Waals surface area (Å²) in [4.78, 5) is 9.51. The largest absolute Gasteiger partial charge is 0.320 e. The highest BCUT2D eigenvalue weighted by molar-refractivity contribution is 7.11. The number of aromatic nitrogens is 3. The first-order chi connectivity index (χ1) is 10.1. The van der Waals surface area contributed by atoms with Crippen molar-refractivity contribution in [2.24, 2.45) is 0 Å². The SMILES string of the molecule is Cc1ncc(Cn2c(CCCl)nc3ccc(F)c(F)c32)s1. The van der Waals surface area contributed by atoms with Gasteiger partial charge in [-0.05, 0) is 19.1 Å². The maximum absolute atomic E-state index is 14.1. The van der Waals surface area contributed by atoms with Gasteiger partial charge in [0.15, 0.2) is 11.6 Å². The van der Waals surface area contributed by atoms with E-state index in [-0.39, 0.29) is 5.52 Å². The van der Waals surface area contributed by atoms with Crippen LogP contribution in [0.4, 0.5) is 8.78 Å². The van der Waals surface area contributed by atoms with E-state index in [9.17, 15) is 8.78 Å². The lowest BCUT2D eigenvalue weighted by Crippen LogP contribution is -2.06. The third-order valence-electron chi connectivity index (χ3n) is 3.18. The van der Waals surface area contributed by atoms with Crippen LogP contribution in [-0.2, 0) is 13.0 Å². The van der Waals surface area contributed by atoms with Crippen LogP contribution in [0.15, 0.2) is 18.3 Å². The average Bonchev–Trinajstić information content (AvgIpc) is 3.00. The van der Waals surface area contributed by atoms with Crippen LogP contribution in [0.3, 0.4) is 0 Å². The molecule has 2 aromatic heterocycles. The van der Waals surface area contributed by atoms with Gasteiger partial charge in [0.25, 0.3) is 0 Å². The maximum atomic E-state index is 14.1.